The van der Waals surface area contributed by atoms with E-state index in [1.54, 1.807) is 26.4 Å². The van der Waals surface area contributed by atoms with Crippen molar-refractivity contribution >= 4 is 5.91 Å². The maximum Gasteiger partial charge on any atom is 0.251 e. The maximum atomic E-state index is 12.6. The predicted octanol–water partition coefficient (Wildman–Crippen LogP) is 3.14. The van der Waals surface area contributed by atoms with Crippen molar-refractivity contribution in [1.29, 1.82) is 0 Å². The molecule has 0 saturated carbocycles. The van der Waals surface area contributed by atoms with E-state index < -0.39 is 0 Å². The molecule has 1 aliphatic heterocycles. The van der Waals surface area contributed by atoms with Gasteiger partial charge in [-0.05, 0) is 36.8 Å². The summed E-state index contributed by atoms with van der Waals surface area (Å²) in [6.45, 7) is 12.1. The Morgan fingerprint density at radius 3 is 2.54 bits per heavy atom. The Hall–Kier alpha value is -2.01. The molecule has 5 nitrogen and oxygen atoms in total. The molecular formula is C21H32N2O3. The number of nitrogens with one attached hydrogen (secondary N) is 1. The number of hydrogen-bond acceptors (Lipinski definition) is 4. The van der Waals surface area contributed by atoms with E-state index in [1.807, 2.05) is 6.07 Å². The van der Waals surface area contributed by atoms with Crippen LogP contribution in [0.3, 0.4) is 0 Å². The van der Waals surface area contributed by atoms with Crippen LogP contribution in [0, 0.1) is 11.8 Å². The number of amides is 1. The molecule has 0 aliphatic carbocycles. The Balaban J connectivity index is 2.00. The number of nitrogens with zero attached hydrogens (tertiary/aromatic N) is 1. The van der Waals surface area contributed by atoms with Crippen LogP contribution in [0.2, 0.25) is 0 Å². The standard InChI is InChI=1S/C21H32N2O3/c1-6-7-17-11-18(12-19(25-4)20(17)26-5)21(24)22-8-9-23-13-15(2)10-16(3)14-23/h6,11-12,15-16H,1,7-10,13-14H2,2-5H3,(H,22,24). The lowest BCUT2D eigenvalue weighted by atomic mass is 9.92. The molecule has 2 atom stereocenters. The van der Waals surface area contributed by atoms with Gasteiger partial charge in [-0.2, -0.15) is 0 Å². The monoisotopic (exact) mass is 360 g/mol. The maximum absolute atomic E-state index is 12.6. The summed E-state index contributed by atoms with van der Waals surface area (Å²) in [6.07, 6.45) is 3.70. The van der Waals surface area contributed by atoms with Gasteiger partial charge in [0, 0.05) is 37.3 Å². The topological polar surface area (TPSA) is 50.8 Å². The summed E-state index contributed by atoms with van der Waals surface area (Å²) in [5, 5.41) is 3.03. The lowest BCUT2D eigenvalue weighted by molar-refractivity contribution is 0.0936. The third-order valence-electron chi connectivity index (χ3n) is 4.84. The first-order valence-electron chi connectivity index (χ1n) is 9.34. The number of carbonyl (C=O) groups is 1. The summed E-state index contributed by atoms with van der Waals surface area (Å²) in [5.74, 6) is 2.58. The van der Waals surface area contributed by atoms with E-state index in [-0.39, 0.29) is 5.91 Å². The van der Waals surface area contributed by atoms with Crippen LogP contribution in [0.1, 0.15) is 36.2 Å². The number of methoxy groups -OCH3 is 2. The van der Waals surface area contributed by atoms with Crippen LogP contribution in [0.5, 0.6) is 11.5 Å². The highest BCUT2D eigenvalue weighted by Gasteiger charge is 2.21. The smallest absolute Gasteiger partial charge is 0.251 e. The first-order chi connectivity index (χ1) is 12.5. The molecule has 5 heteroatoms. The van der Waals surface area contributed by atoms with Crippen molar-refractivity contribution in [1.82, 2.24) is 10.2 Å². The Morgan fingerprint density at radius 1 is 1.27 bits per heavy atom. The second-order valence-electron chi connectivity index (χ2n) is 7.33. The van der Waals surface area contributed by atoms with Gasteiger partial charge in [0.2, 0.25) is 0 Å². The second-order valence-corrected chi connectivity index (χ2v) is 7.33. The summed E-state index contributed by atoms with van der Waals surface area (Å²) in [4.78, 5) is 15.0. The fraction of sp³-hybridized carbons (Fsp3) is 0.571. The van der Waals surface area contributed by atoms with Crippen molar-refractivity contribution in [3.8, 4) is 11.5 Å². The van der Waals surface area contributed by atoms with Crippen LogP contribution >= 0.6 is 0 Å². The predicted molar refractivity (Wildman–Crippen MR) is 105 cm³/mol. The second kappa shape index (κ2) is 9.62. The third kappa shape index (κ3) is 5.24. The van der Waals surface area contributed by atoms with Crippen molar-refractivity contribution in [3.63, 3.8) is 0 Å². The number of benzene rings is 1. The lowest BCUT2D eigenvalue weighted by Gasteiger charge is -2.34. The molecule has 1 aromatic carbocycles. The summed E-state index contributed by atoms with van der Waals surface area (Å²) in [5.41, 5.74) is 1.48. The molecule has 144 valence electrons. The van der Waals surface area contributed by atoms with Crippen LogP contribution in [0.15, 0.2) is 24.8 Å². The van der Waals surface area contributed by atoms with E-state index in [0.717, 1.165) is 37.0 Å². The summed E-state index contributed by atoms with van der Waals surface area (Å²) in [7, 11) is 3.18. The molecule has 26 heavy (non-hydrogen) atoms. The fourth-order valence-electron chi connectivity index (χ4n) is 3.89. The van der Waals surface area contributed by atoms with Crippen LogP contribution in [0.25, 0.3) is 0 Å². The Bertz CT molecular complexity index is 620. The SMILES string of the molecule is C=CCc1cc(C(=O)NCCN2CC(C)CC(C)C2)cc(OC)c1OC. The molecule has 0 spiro atoms. The number of hydrogen-bond donors (Lipinski definition) is 1. The molecule has 2 rings (SSSR count). The molecule has 1 saturated heterocycles. The zero-order valence-electron chi connectivity index (χ0n) is 16.5. The number of piperidine rings is 1. The minimum Gasteiger partial charge on any atom is -0.493 e. The molecule has 0 radical (unpaired) electrons. The van der Waals surface area contributed by atoms with Gasteiger partial charge in [-0.3, -0.25) is 4.79 Å². The van der Waals surface area contributed by atoms with Crippen LogP contribution in [-0.2, 0) is 6.42 Å². The van der Waals surface area contributed by atoms with Crippen molar-refractivity contribution < 1.29 is 14.3 Å². The number of likely N-dealkylation sites (tertiary alicyclic amines) is 1. The molecule has 1 aliphatic rings. The molecule has 1 N–H and O–H groups in total. The van der Waals surface area contributed by atoms with Gasteiger partial charge in [-0.25, -0.2) is 0 Å². The summed E-state index contributed by atoms with van der Waals surface area (Å²) < 4.78 is 10.8. The van der Waals surface area contributed by atoms with Gasteiger partial charge in [0.05, 0.1) is 14.2 Å². The lowest BCUT2D eigenvalue weighted by Crippen LogP contribution is -2.42. The van der Waals surface area contributed by atoms with Crippen molar-refractivity contribution in [2.45, 2.75) is 26.7 Å². The van der Waals surface area contributed by atoms with Gasteiger partial charge in [0.15, 0.2) is 11.5 Å². The van der Waals surface area contributed by atoms with Crippen LogP contribution in [0.4, 0.5) is 0 Å². The molecule has 1 aromatic rings. The highest BCUT2D eigenvalue weighted by molar-refractivity contribution is 5.95. The van der Waals surface area contributed by atoms with Gasteiger partial charge in [-0.1, -0.05) is 19.9 Å². The average molecular weight is 360 g/mol. The first kappa shape index (κ1) is 20.3. The Labute approximate surface area is 157 Å². The largest absolute Gasteiger partial charge is 0.493 e. The zero-order chi connectivity index (χ0) is 19.1. The van der Waals surface area contributed by atoms with Crippen molar-refractivity contribution in [2.75, 3.05) is 40.4 Å². The van der Waals surface area contributed by atoms with Gasteiger partial charge < -0.3 is 19.7 Å². The molecular weight excluding hydrogens is 328 g/mol. The highest BCUT2D eigenvalue weighted by Crippen LogP contribution is 2.33. The van der Waals surface area contributed by atoms with Gasteiger partial charge in [0.25, 0.3) is 5.91 Å². The summed E-state index contributed by atoms with van der Waals surface area (Å²) in [6, 6.07) is 3.58. The van der Waals surface area contributed by atoms with Crippen molar-refractivity contribution in [3.05, 3.63) is 35.9 Å². The summed E-state index contributed by atoms with van der Waals surface area (Å²) >= 11 is 0. The minimum atomic E-state index is -0.0885. The molecule has 0 aromatic heterocycles. The van der Waals surface area contributed by atoms with E-state index in [1.165, 1.54) is 6.42 Å². The van der Waals surface area contributed by atoms with Crippen LogP contribution < -0.4 is 14.8 Å². The molecule has 1 heterocycles. The molecule has 0 bridgehead atoms. The Morgan fingerprint density at radius 2 is 1.96 bits per heavy atom. The van der Waals surface area contributed by atoms with Crippen LogP contribution in [-0.4, -0.2) is 51.2 Å². The van der Waals surface area contributed by atoms with E-state index in [0.29, 0.717) is 30.0 Å². The highest BCUT2D eigenvalue weighted by atomic mass is 16.5. The van der Waals surface area contributed by atoms with E-state index in [2.05, 4.69) is 30.6 Å². The number of allylic oxidation sites excluding steroid dienone is 1. The van der Waals surface area contributed by atoms with Gasteiger partial charge in [0.1, 0.15) is 0 Å². The fourth-order valence-corrected chi connectivity index (χ4v) is 3.89. The Kier molecular flexibility index (Phi) is 7.51. The van der Waals surface area contributed by atoms with E-state index >= 15 is 0 Å². The van der Waals surface area contributed by atoms with E-state index in [4.69, 9.17) is 9.47 Å². The normalized spacial score (nSPS) is 20.5. The number of rotatable bonds is 8. The van der Waals surface area contributed by atoms with Gasteiger partial charge >= 0.3 is 0 Å². The minimum absolute atomic E-state index is 0.0885. The average Bonchev–Trinajstić information content (AvgIpc) is 2.60. The first-order valence-corrected chi connectivity index (χ1v) is 9.34. The third-order valence-corrected chi connectivity index (χ3v) is 4.84. The molecule has 1 fully saturated rings. The number of ether oxygens (including phenoxy) is 2. The van der Waals surface area contributed by atoms with Gasteiger partial charge in [-0.15, -0.1) is 6.58 Å². The van der Waals surface area contributed by atoms with E-state index in [9.17, 15) is 4.79 Å². The molecule has 1 amide bonds. The number of carbonyl (C=O) groups excluding carboxylic acids is 1. The zero-order valence-corrected chi connectivity index (χ0v) is 16.5. The molecule has 2 unspecified atom stereocenters. The quantitative estimate of drug-likeness (QED) is 0.724. The van der Waals surface area contributed by atoms with Crippen molar-refractivity contribution in [2.24, 2.45) is 11.8 Å².